The summed E-state index contributed by atoms with van der Waals surface area (Å²) in [5, 5.41) is 9.43. The Hall–Kier alpha value is -0.800. The van der Waals surface area contributed by atoms with Gasteiger partial charge in [-0.05, 0) is 40.5 Å². The predicted octanol–water partition coefficient (Wildman–Crippen LogP) is 3.12. The normalized spacial score (nSPS) is 12.3. The van der Waals surface area contributed by atoms with Crippen molar-refractivity contribution in [2.24, 2.45) is 0 Å². The molecule has 1 atom stereocenters. The van der Waals surface area contributed by atoms with Gasteiger partial charge in [0.25, 0.3) is 0 Å². The minimum Gasteiger partial charge on any atom is -0.389 e. The third kappa shape index (κ3) is 3.08. The Morgan fingerprint density at radius 1 is 1.60 bits per heavy atom. The molecule has 0 saturated carbocycles. The Balaban J connectivity index is 2.97. The summed E-state index contributed by atoms with van der Waals surface area (Å²) in [6, 6.07) is 5.87. The van der Waals surface area contributed by atoms with Gasteiger partial charge in [0.2, 0.25) is 0 Å². The molecular weight excluding hydrogens is 254 g/mol. The highest BCUT2D eigenvalue weighted by Crippen LogP contribution is 2.28. The van der Waals surface area contributed by atoms with Crippen LogP contribution >= 0.6 is 15.9 Å². The summed E-state index contributed by atoms with van der Waals surface area (Å²) < 4.78 is 0.991. The van der Waals surface area contributed by atoms with Crippen LogP contribution in [-0.4, -0.2) is 18.7 Å². The lowest BCUT2D eigenvalue weighted by Gasteiger charge is -2.19. The van der Waals surface area contributed by atoms with Crippen LogP contribution < -0.4 is 4.90 Å². The van der Waals surface area contributed by atoms with Gasteiger partial charge in [0.1, 0.15) is 0 Å². The molecule has 0 aliphatic rings. The molecule has 0 aliphatic heterocycles. The van der Waals surface area contributed by atoms with Gasteiger partial charge >= 0.3 is 0 Å². The van der Waals surface area contributed by atoms with Crippen molar-refractivity contribution in [2.45, 2.75) is 13.0 Å². The number of nitrogens with zero attached hydrogens (tertiary/aromatic N) is 1. The number of likely N-dealkylation sites (N-methyl/N-ethyl adjacent to an activating group) is 1. The first kappa shape index (κ1) is 12.3. The fraction of sp³-hybridized carbons (Fsp3) is 0.333. The van der Waals surface area contributed by atoms with E-state index in [0.717, 1.165) is 22.3 Å². The summed E-state index contributed by atoms with van der Waals surface area (Å²) in [7, 11) is 2.00. The lowest BCUT2D eigenvalue weighted by Crippen LogP contribution is -2.17. The van der Waals surface area contributed by atoms with Crippen LogP contribution in [-0.2, 0) is 0 Å². The van der Waals surface area contributed by atoms with Gasteiger partial charge in [0, 0.05) is 18.1 Å². The fourth-order valence-corrected chi connectivity index (χ4v) is 2.08. The summed E-state index contributed by atoms with van der Waals surface area (Å²) in [6.45, 7) is 6.26. The second-order valence-electron chi connectivity index (χ2n) is 3.56. The predicted molar refractivity (Wildman–Crippen MR) is 68.2 cm³/mol. The van der Waals surface area contributed by atoms with Crippen LogP contribution in [0.1, 0.15) is 18.6 Å². The van der Waals surface area contributed by atoms with Gasteiger partial charge in [-0.25, -0.2) is 0 Å². The molecule has 2 nitrogen and oxygen atoms in total. The molecule has 0 amide bonds. The maximum atomic E-state index is 9.43. The number of benzene rings is 1. The van der Waals surface area contributed by atoms with E-state index in [0.29, 0.717) is 0 Å². The van der Waals surface area contributed by atoms with Crippen molar-refractivity contribution in [3.8, 4) is 0 Å². The minimum atomic E-state index is -0.430. The second kappa shape index (κ2) is 5.33. The Morgan fingerprint density at radius 3 is 2.73 bits per heavy atom. The first-order valence-corrected chi connectivity index (χ1v) is 5.65. The van der Waals surface area contributed by atoms with Crippen molar-refractivity contribution in [2.75, 3.05) is 18.5 Å². The maximum Gasteiger partial charge on any atom is 0.0762 e. The van der Waals surface area contributed by atoms with E-state index in [-0.39, 0.29) is 0 Å². The van der Waals surface area contributed by atoms with Crippen molar-refractivity contribution in [1.29, 1.82) is 0 Å². The number of halogens is 1. The number of hydrogen-bond donors (Lipinski definition) is 1. The van der Waals surface area contributed by atoms with E-state index in [2.05, 4.69) is 27.4 Å². The summed E-state index contributed by atoms with van der Waals surface area (Å²) in [5.41, 5.74) is 2.01. The van der Waals surface area contributed by atoms with Crippen molar-refractivity contribution in [3.05, 3.63) is 40.9 Å². The number of rotatable bonds is 4. The van der Waals surface area contributed by atoms with Gasteiger partial charge in [0.15, 0.2) is 0 Å². The molecule has 0 heterocycles. The molecule has 0 radical (unpaired) electrons. The minimum absolute atomic E-state index is 0.430. The highest BCUT2D eigenvalue weighted by Gasteiger charge is 2.07. The van der Waals surface area contributed by atoms with E-state index >= 15 is 0 Å². The van der Waals surface area contributed by atoms with Crippen LogP contribution in [0.25, 0.3) is 0 Å². The largest absolute Gasteiger partial charge is 0.389 e. The van der Waals surface area contributed by atoms with E-state index < -0.39 is 6.10 Å². The molecular formula is C12H16BrNO. The average Bonchev–Trinajstić information content (AvgIpc) is 2.17. The Kier molecular flexibility index (Phi) is 4.36. The van der Waals surface area contributed by atoms with Crippen molar-refractivity contribution < 1.29 is 5.11 Å². The van der Waals surface area contributed by atoms with Crippen molar-refractivity contribution >= 4 is 21.6 Å². The highest BCUT2D eigenvalue weighted by molar-refractivity contribution is 9.10. The summed E-state index contributed by atoms with van der Waals surface area (Å²) in [4.78, 5) is 2.09. The zero-order chi connectivity index (χ0) is 11.4. The van der Waals surface area contributed by atoms with E-state index in [4.69, 9.17) is 0 Å². The third-order valence-electron chi connectivity index (χ3n) is 2.27. The van der Waals surface area contributed by atoms with Crippen molar-refractivity contribution in [1.82, 2.24) is 0 Å². The Morgan fingerprint density at radius 2 is 2.27 bits per heavy atom. The first-order valence-electron chi connectivity index (χ1n) is 4.85. The first-order chi connectivity index (χ1) is 7.06. The summed E-state index contributed by atoms with van der Waals surface area (Å²) in [6.07, 6.45) is 1.43. The third-order valence-corrected chi connectivity index (χ3v) is 2.90. The lowest BCUT2D eigenvalue weighted by atomic mass is 10.1. The summed E-state index contributed by atoms with van der Waals surface area (Å²) in [5.74, 6) is 0. The quantitative estimate of drug-likeness (QED) is 0.850. The fourth-order valence-electron chi connectivity index (χ4n) is 1.38. The number of anilines is 1. The number of hydrogen-bond acceptors (Lipinski definition) is 2. The van der Waals surface area contributed by atoms with Gasteiger partial charge in [-0.1, -0.05) is 12.1 Å². The molecule has 0 bridgehead atoms. The zero-order valence-corrected chi connectivity index (χ0v) is 10.7. The van der Waals surface area contributed by atoms with E-state index in [1.807, 2.05) is 31.3 Å². The molecule has 0 saturated heterocycles. The lowest BCUT2D eigenvalue weighted by molar-refractivity contribution is 0.199. The molecule has 1 rings (SSSR count). The van der Waals surface area contributed by atoms with E-state index in [1.54, 1.807) is 6.92 Å². The smallest absolute Gasteiger partial charge is 0.0762 e. The molecule has 0 aromatic heterocycles. The standard InChI is InChI=1S/C12H16BrNO/c1-4-7-14(3)12-6-5-10(9(2)15)8-11(12)13/h4-6,8-9,15H,1,7H2,2-3H3/t9-/m0/s1. The molecule has 0 aliphatic carbocycles. The average molecular weight is 270 g/mol. The maximum absolute atomic E-state index is 9.43. The highest BCUT2D eigenvalue weighted by atomic mass is 79.9. The molecule has 1 N–H and O–H groups in total. The molecule has 82 valence electrons. The molecule has 0 fully saturated rings. The number of aliphatic hydroxyl groups is 1. The molecule has 3 heteroatoms. The van der Waals surface area contributed by atoms with Crippen LogP contribution in [0.5, 0.6) is 0 Å². The molecule has 0 spiro atoms. The van der Waals surface area contributed by atoms with Gasteiger partial charge in [0.05, 0.1) is 11.8 Å². The Labute approximate surface area is 99.4 Å². The van der Waals surface area contributed by atoms with Gasteiger partial charge in [-0.3, -0.25) is 0 Å². The van der Waals surface area contributed by atoms with Gasteiger partial charge < -0.3 is 10.0 Å². The van der Waals surface area contributed by atoms with Crippen LogP contribution in [0.3, 0.4) is 0 Å². The van der Waals surface area contributed by atoms with Crippen LogP contribution in [0.15, 0.2) is 35.3 Å². The molecule has 15 heavy (non-hydrogen) atoms. The van der Waals surface area contributed by atoms with Gasteiger partial charge in [-0.15, -0.1) is 6.58 Å². The molecule has 1 aromatic carbocycles. The topological polar surface area (TPSA) is 23.5 Å². The monoisotopic (exact) mass is 269 g/mol. The van der Waals surface area contributed by atoms with Crippen LogP contribution in [0, 0.1) is 0 Å². The van der Waals surface area contributed by atoms with Crippen LogP contribution in [0.2, 0.25) is 0 Å². The SMILES string of the molecule is C=CCN(C)c1ccc([C@H](C)O)cc1Br. The van der Waals surface area contributed by atoms with Gasteiger partial charge in [-0.2, -0.15) is 0 Å². The van der Waals surface area contributed by atoms with E-state index in [1.165, 1.54) is 0 Å². The second-order valence-corrected chi connectivity index (χ2v) is 4.41. The molecule has 0 unspecified atom stereocenters. The summed E-state index contributed by atoms with van der Waals surface area (Å²) >= 11 is 3.50. The zero-order valence-electron chi connectivity index (χ0n) is 9.07. The van der Waals surface area contributed by atoms with E-state index in [9.17, 15) is 5.11 Å². The number of aliphatic hydroxyl groups excluding tert-OH is 1. The van der Waals surface area contributed by atoms with Crippen LogP contribution in [0.4, 0.5) is 5.69 Å². The Bertz CT molecular complexity index is 349. The van der Waals surface area contributed by atoms with Crippen molar-refractivity contribution in [3.63, 3.8) is 0 Å². The molecule has 1 aromatic rings.